The highest BCUT2D eigenvalue weighted by molar-refractivity contribution is 14.1. The van der Waals surface area contributed by atoms with Crippen LogP contribution in [0.2, 0.25) is 5.02 Å². The largest absolute Gasteiger partial charge is 0.369 e. The molecule has 0 amide bonds. The summed E-state index contributed by atoms with van der Waals surface area (Å²) in [5.74, 6) is 0.428. The Balaban J connectivity index is 2.36. The third-order valence-corrected chi connectivity index (χ3v) is 4.28. The maximum absolute atomic E-state index is 6.26. The van der Waals surface area contributed by atoms with Gasteiger partial charge in [-0.2, -0.15) is 0 Å². The first-order chi connectivity index (χ1) is 9.06. The van der Waals surface area contributed by atoms with Gasteiger partial charge in [0.25, 0.3) is 0 Å². The number of fused-ring (bicyclic) bond motifs is 1. The van der Waals surface area contributed by atoms with Gasteiger partial charge >= 0.3 is 0 Å². The van der Waals surface area contributed by atoms with Crippen molar-refractivity contribution in [1.29, 1.82) is 0 Å². The second-order valence-electron chi connectivity index (χ2n) is 4.03. The molecule has 0 saturated heterocycles. The fraction of sp³-hybridized carbons (Fsp3) is 0. The number of benzene rings is 2. The van der Waals surface area contributed by atoms with Gasteiger partial charge in [-0.25, -0.2) is 4.98 Å². The average Bonchev–Trinajstić information content (AvgIpc) is 2.67. The highest BCUT2D eigenvalue weighted by Crippen LogP contribution is 2.30. The summed E-state index contributed by atoms with van der Waals surface area (Å²) < 4.78 is 3.92. The molecule has 0 aliphatic carbocycles. The number of anilines is 1. The van der Waals surface area contributed by atoms with Gasteiger partial charge in [-0.15, -0.1) is 0 Å². The average molecular weight is 448 g/mol. The third kappa shape index (κ3) is 2.34. The summed E-state index contributed by atoms with van der Waals surface area (Å²) in [5.41, 5.74) is 8.65. The van der Waals surface area contributed by atoms with Crippen molar-refractivity contribution in [3.63, 3.8) is 0 Å². The Morgan fingerprint density at radius 1 is 1.21 bits per heavy atom. The Morgan fingerprint density at radius 2 is 2.00 bits per heavy atom. The lowest BCUT2D eigenvalue weighted by molar-refractivity contribution is 1.11. The molecule has 0 unspecified atom stereocenters. The van der Waals surface area contributed by atoms with Gasteiger partial charge in [-0.3, -0.25) is 4.57 Å². The summed E-state index contributed by atoms with van der Waals surface area (Å²) >= 11 is 12.0. The minimum atomic E-state index is 0.428. The summed E-state index contributed by atoms with van der Waals surface area (Å²) in [5, 5.41) is 0.632. The highest BCUT2D eigenvalue weighted by Gasteiger charge is 2.13. The Labute approximate surface area is 137 Å². The van der Waals surface area contributed by atoms with Crippen LogP contribution in [-0.2, 0) is 0 Å². The van der Waals surface area contributed by atoms with E-state index in [1.807, 2.05) is 41.0 Å². The molecule has 0 fully saturated rings. The molecule has 0 radical (unpaired) electrons. The van der Waals surface area contributed by atoms with Crippen LogP contribution in [0.15, 0.2) is 40.9 Å². The molecule has 19 heavy (non-hydrogen) atoms. The zero-order valence-electron chi connectivity index (χ0n) is 9.57. The molecule has 3 rings (SSSR count). The lowest BCUT2D eigenvalue weighted by Crippen LogP contribution is -2.01. The van der Waals surface area contributed by atoms with Crippen molar-refractivity contribution >= 4 is 67.1 Å². The highest BCUT2D eigenvalue weighted by atomic mass is 127. The first kappa shape index (κ1) is 13.2. The molecule has 2 N–H and O–H groups in total. The molecule has 3 aromatic rings. The number of hydrogen-bond acceptors (Lipinski definition) is 2. The normalized spacial score (nSPS) is 11.1. The number of nitrogens with zero attached hydrogens (tertiary/aromatic N) is 2. The minimum Gasteiger partial charge on any atom is -0.369 e. The monoisotopic (exact) mass is 447 g/mol. The van der Waals surface area contributed by atoms with Crippen molar-refractivity contribution in [2.75, 3.05) is 5.73 Å². The molecule has 2 aromatic carbocycles. The Morgan fingerprint density at radius 3 is 2.79 bits per heavy atom. The van der Waals surface area contributed by atoms with E-state index in [2.05, 4.69) is 43.5 Å². The molecule has 1 aromatic heterocycles. The molecule has 96 valence electrons. The molecule has 0 saturated carbocycles. The summed E-state index contributed by atoms with van der Waals surface area (Å²) in [7, 11) is 0. The molecule has 0 spiro atoms. The number of imidazole rings is 1. The molecule has 0 atom stereocenters. The first-order valence-electron chi connectivity index (χ1n) is 5.45. The van der Waals surface area contributed by atoms with Crippen molar-refractivity contribution in [3.05, 3.63) is 49.5 Å². The van der Waals surface area contributed by atoms with Crippen LogP contribution in [0, 0.1) is 3.57 Å². The molecular formula is C13H8BrClIN3. The topological polar surface area (TPSA) is 43.8 Å². The van der Waals surface area contributed by atoms with Gasteiger partial charge in [0.05, 0.1) is 21.7 Å². The van der Waals surface area contributed by atoms with Crippen molar-refractivity contribution in [1.82, 2.24) is 9.55 Å². The van der Waals surface area contributed by atoms with Crippen LogP contribution in [0.4, 0.5) is 5.95 Å². The molecule has 6 heteroatoms. The van der Waals surface area contributed by atoms with E-state index >= 15 is 0 Å². The molecular weight excluding hydrogens is 440 g/mol. The van der Waals surface area contributed by atoms with Gasteiger partial charge in [0.2, 0.25) is 5.95 Å². The summed E-state index contributed by atoms with van der Waals surface area (Å²) in [6.45, 7) is 0. The number of halogens is 3. The van der Waals surface area contributed by atoms with E-state index < -0.39 is 0 Å². The predicted molar refractivity (Wildman–Crippen MR) is 90.9 cm³/mol. The number of hydrogen-bond donors (Lipinski definition) is 1. The fourth-order valence-corrected chi connectivity index (χ4v) is 3.01. The molecule has 3 nitrogen and oxygen atoms in total. The Kier molecular flexibility index (Phi) is 3.44. The second kappa shape index (κ2) is 4.96. The minimum absolute atomic E-state index is 0.428. The van der Waals surface area contributed by atoms with Gasteiger partial charge in [0.15, 0.2) is 0 Å². The van der Waals surface area contributed by atoms with Crippen molar-refractivity contribution in [3.8, 4) is 5.69 Å². The summed E-state index contributed by atoms with van der Waals surface area (Å²) in [4.78, 5) is 4.38. The van der Waals surface area contributed by atoms with Crippen LogP contribution < -0.4 is 5.73 Å². The zero-order chi connectivity index (χ0) is 13.6. The van der Waals surface area contributed by atoms with Gasteiger partial charge in [0.1, 0.15) is 0 Å². The van der Waals surface area contributed by atoms with Crippen molar-refractivity contribution in [2.45, 2.75) is 0 Å². The van der Waals surface area contributed by atoms with Crippen LogP contribution in [0.1, 0.15) is 0 Å². The van der Waals surface area contributed by atoms with Crippen molar-refractivity contribution in [2.24, 2.45) is 0 Å². The molecule has 0 aliphatic heterocycles. The zero-order valence-corrected chi connectivity index (χ0v) is 14.1. The smallest absolute Gasteiger partial charge is 0.205 e. The van der Waals surface area contributed by atoms with E-state index in [1.165, 1.54) is 0 Å². The predicted octanol–water partition coefficient (Wildman–Crippen LogP) is 4.63. The summed E-state index contributed by atoms with van der Waals surface area (Å²) in [6.07, 6.45) is 0. The Hall–Kier alpha value is -0.790. The standard InChI is InChI=1S/C13H8BrClIN3/c14-7-1-3-9(15)12(5-7)19-11-4-2-8(16)6-10(11)18-13(19)17/h1-6H,(H2,17,18). The van der Waals surface area contributed by atoms with Crippen LogP contribution >= 0.6 is 50.1 Å². The SMILES string of the molecule is Nc1nc2cc(I)ccc2n1-c1cc(Br)ccc1Cl. The van der Waals surface area contributed by atoms with Crippen molar-refractivity contribution < 1.29 is 0 Å². The maximum atomic E-state index is 6.26. The van der Waals surface area contributed by atoms with Crippen LogP contribution in [0.5, 0.6) is 0 Å². The van der Waals surface area contributed by atoms with Gasteiger partial charge in [-0.1, -0.05) is 27.5 Å². The van der Waals surface area contributed by atoms with E-state index in [4.69, 9.17) is 17.3 Å². The molecule has 1 heterocycles. The maximum Gasteiger partial charge on any atom is 0.205 e. The number of nitrogen functional groups attached to an aromatic ring is 1. The first-order valence-corrected chi connectivity index (χ1v) is 7.70. The van der Waals surface area contributed by atoms with E-state index in [1.54, 1.807) is 0 Å². The van der Waals surface area contributed by atoms with E-state index in [9.17, 15) is 0 Å². The number of rotatable bonds is 1. The van der Waals surface area contributed by atoms with Crippen LogP contribution in [-0.4, -0.2) is 9.55 Å². The van der Waals surface area contributed by atoms with Gasteiger partial charge in [0, 0.05) is 8.04 Å². The molecule has 0 aliphatic rings. The number of aromatic nitrogens is 2. The second-order valence-corrected chi connectivity index (χ2v) is 6.60. The van der Waals surface area contributed by atoms with Crippen LogP contribution in [0.3, 0.4) is 0 Å². The van der Waals surface area contributed by atoms with E-state index in [0.29, 0.717) is 11.0 Å². The molecule has 0 bridgehead atoms. The fourth-order valence-electron chi connectivity index (χ4n) is 1.98. The lowest BCUT2D eigenvalue weighted by atomic mass is 10.3. The van der Waals surface area contributed by atoms with Crippen LogP contribution in [0.25, 0.3) is 16.7 Å². The van der Waals surface area contributed by atoms with Gasteiger partial charge in [-0.05, 0) is 59.0 Å². The van der Waals surface area contributed by atoms with E-state index in [-0.39, 0.29) is 0 Å². The summed E-state index contributed by atoms with van der Waals surface area (Å²) in [6, 6.07) is 11.7. The Bertz CT molecular complexity index is 785. The quantitative estimate of drug-likeness (QED) is 0.552. The van der Waals surface area contributed by atoms with Gasteiger partial charge < -0.3 is 5.73 Å². The lowest BCUT2D eigenvalue weighted by Gasteiger charge is -2.09. The number of nitrogens with two attached hydrogens (primary N) is 1. The van der Waals surface area contributed by atoms with E-state index in [0.717, 1.165) is 24.8 Å². The third-order valence-electron chi connectivity index (χ3n) is 2.79.